The lowest BCUT2D eigenvalue weighted by molar-refractivity contribution is -0.137. The zero-order valence-electron chi connectivity index (χ0n) is 9.76. The number of benzene rings is 1. The van der Waals surface area contributed by atoms with Gasteiger partial charge in [-0.1, -0.05) is 11.2 Å². The molecule has 0 amide bonds. The van der Waals surface area contributed by atoms with Crippen LogP contribution in [0.4, 0.5) is 17.6 Å². The van der Waals surface area contributed by atoms with E-state index in [2.05, 4.69) is 10.3 Å². The van der Waals surface area contributed by atoms with Crippen LogP contribution in [0.1, 0.15) is 11.1 Å². The van der Waals surface area contributed by atoms with Crippen LogP contribution in [-0.2, 0) is 6.18 Å². The summed E-state index contributed by atoms with van der Waals surface area (Å²) in [4.78, 5) is 0. The predicted molar refractivity (Wildman–Crippen MR) is 61.0 cm³/mol. The second kappa shape index (κ2) is 4.83. The number of nitrogens with zero attached hydrogens (tertiary/aromatic N) is 3. The van der Waals surface area contributed by atoms with Gasteiger partial charge in [0, 0.05) is 6.20 Å². The summed E-state index contributed by atoms with van der Waals surface area (Å²) in [5.74, 6) is -1.41. The van der Waals surface area contributed by atoms with E-state index in [-0.39, 0.29) is 11.3 Å². The molecular weight excluding hydrogens is 280 g/mol. The van der Waals surface area contributed by atoms with Crippen molar-refractivity contribution in [3.8, 4) is 5.69 Å². The van der Waals surface area contributed by atoms with Crippen LogP contribution in [0.25, 0.3) is 5.69 Å². The zero-order chi connectivity index (χ0) is 14.9. The average molecular weight is 288 g/mol. The van der Waals surface area contributed by atoms with Crippen molar-refractivity contribution < 1.29 is 22.8 Å². The molecule has 0 bridgehead atoms. The Bertz CT molecular complexity index is 663. The summed E-state index contributed by atoms with van der Waals surface area (Å²) in [6.07, 6.45) is -3.29. The minimum absolute atomic E-state index is 0.0733. The summed E-state index contributed by atoms with van der Waals surface area (Å²) in [6, 6.07) is 3.60. The molecule has 1 aromatic carbocycles. The van der Waals surface area contributed by atoms with E-state index in [1.165, 1.54) is 12.1 Å². The number of nitrogens with two attached hydrogens (primary N) is 1. The van der Waals surface area contributed by atoms with E-state index >= 15 is 0 Å². The van der Waals surface area contributed by atoms with Gasteiger partial charge in [-0.25, -0.2) is 9.07 Å². The van der Waals surface area contributed by atoms with E-state index in [0.29, 0.717) is 12.4 Å². The maximum atomic E-state index is 13.7. The number of hydrogen-bond donors (Lipinski definition) is 2. The molecule has 3 N–H and O–H groups in total. The van der Waals surface area contributed by atoms with Gasteiger partial charge in [0.2, 0.25) is 0 Å². The average Bonchev–Trinajstić information content (AvgIpc) is 2.87. The molecule has 1 aromatic heterocycles. The van der Waals surface area contributed by atoms with Gasteiger partial charge in [-0.2, -0.15) is 18.3 Å². The van der Waals surface area contributed by atoms with Crippen LogP contribution >= 0.6 is 0 Å². The number of amidine groups is 1. The third-order valence-electron chi connectivity index (χ3n) is 2.51. The fraction of sp³-hybridized carbons (Fsp3) is 0.0909. The first-order valence-electron chi connectivity index (χ1n) is 5.23. The van der Waals surface area contributed by atoms with E-state index in [9.17, 15) is 17.6 Å². The molecule has 0 spiro atoms. The Labute approximate surface area is 109 Å². The smallest absolute Gasteiger partial charge is 0.409 e. The molecule has 0 aliphatic rings. The van der Waals surface area contributed by atoms with Gasteiger partial charge in [0.05, 0.1) is 23.0 Å². The van der Waals surface area contributed by atoms with Crippen LogP contribution in [0.5, 0.6) is 0 Å². The number of hydrogen-bond acceptors (Lipinski definition) is 3. The van der Waals surface area contributed by atoms with Gasteiger partial charge in [0.1, 0.15) is 5.82 Å². The van der Waals surface area contributed by atoms with Gasteiger partial charge in [-0.3, -0.25) is 0 Å². The zero-order valence-corrected chi connectivity index (χ0v) is 9.76. The fourth-order valence-corrected chi connectivity index (χ4v) is 1.61. The number of oxime groups is 1. The summed E-state index contributed by atoms with van der Waals surface area (Å²) in [5, 5.41) is 14.8. The highest BCUT2D eigenvalue weighted by Gasteiger charge is 2.32. The largest absolute Gasteiger partial charge is 0.419 e. The Kier molecular flexibility index (Phi) is 3.35. The van der Waals surface area contributed by atoms with Crippen LogP contribution in [0, 0.1) is 5.82 Å². The molecule has 0 aliphatic heterocycles. The van der Waals surface area contributed by atoms with Crippen molar-refractivity contribution in [1.29, 1.82) is 0 Å². The minimum atomic E-state index is -4.57. The topological polar surface area (TPSA) is 76.4 Å². The highest BCUT2D eigenvalue weighted by molar-refractivity contribution is 6.00. The Morgan fingerprint density at radius 3 is 2.60 bits per heavy atom. The third-order valence-corrected chi connectivity index (χ3v) is 2.51. The molecule has 0 saturated carbocycles. The summed E-state index contributed by atoms with van der Waals surface area (Å²) >= 11 is 0. The predicted octanol–water partition coefficient (Wildman–Crippen LogP) is 2.12. The Morgan fingerprint density at radius 1 is 1.35 bits per heavy atom. The Balaban J connectivity index is 2.59. The SMILES string of the molecule is NC(=NO)c1c(F)cccc1-n1cc(C(F)(F)F)cn1. The normalized spacial score (nSPS) is 12.7. The quantitative estimate of drug-likeness (QED) is 0.292. The van der Waals surface area contributed by atoms with Gasteiger partial charge in [-0.15, -0.1) is 0 Å². The highest BCUT2D eigenvalue weighted by atomic mass is 19.4. The lowest BCUT2D eigenvalue weighted by Crippen LogP contribution is -2.18. The van der Waals surface area contributed by atoms with Crippen LogP contribution < -0.4 is 5.73 Å². The van der Waals surface area contributed by atoms with E-state index in [1.54, 1.807) is 0 Å². The maximum Gasteiger partial charge on any atom is 0.419 e. The van der Waals surface area contributed by atoms with Crippen molar-refractivity contribution in [2.45, 2.75) is 6.18 Å². The monoisotopic (exact) mass is 288 g/mol. The van der Waals surface area contributed by atoms with Crippen molar-refractivity contribution in [3.63, 3.8) is 0 Å². The first-order valence-corrected chi connectivity index (χ1v) is 5.23. The summed E-state index contributed by atoms with van der Waals surface area (Å²) in [6.45, 7) is 0. The van der Waals surface area contributed by atoms with Gasteiger partial charge in [0.15, 0.2) is 5.84 Å². The molecule has 0 atom stereocenters. The van der Waals surface area contributed by atoms with Crippen molar-refractivity contribution in [3.05, 3.63) is 47.5 Å². The number of halogens is 4. The van der Waals surface area contributed by atoms with E-state index in [1.807, 2.05) is 0 Å². The molecule has 20 heavy (non-hydrogen) atoms. The number of aromatic nitrogens is 2. The number of rotatable bonds is 2. The number of alkyl halides is 3. The third kappa shape index (κ3) is 2.42. The second-order valence-corrected chi connectivity index (χ2v) is 3.79. The fourth-order valence-electron chi connectivity index (χ4n) is 1.61. The summed E-state index contributed by atoms with van der Waals surface area (Å²) in [5.41, 5.74) is 3.91. The van der Waals surface area contributed by atoms with Crippen LogP contribution in [-0.4, -0.2) is 20.8 Å². The highest BCUT2D eigenvalue weighted by Crippen LogP contribution is 2.29. The van der Waals surface area contributed by atoms with Crippen LogP contribution in [0.15, 0.2) is 35.7 Å². The first-order chi connectivity index (χ1) is 9.34. The molecule has 0 unspecified atom stereocenters. The van der Waals surface area contributed by atoms with E-state index < -0.39 is 23.4 Å². The van der Waals surface area contributed by atoms with Gasteiger partial charge < -0.3 is 10.9 Å². The Morgan fingerprint density at radius 2 is 2.05 bits per heavy atom. The van der Waals surface area contributed by atoms with Crippen molar-refractivity contribution in [2.24, 2.45) is 10.9 Å². The molecule has 1 heterocycles. The molecular formula is C11H8F4N4O. The second-order valence-electron chi connectivity index (χ2n) is 3.79. The molecule has 5 nitrogen and oxygen atoms in total. The lowest BCUT2D eigenvalue weighted by Gasteiger charge is -2.09. The van der Waals surface area contributed by atoms with Crippen LogP contribution in [0.2, 0.25) is 0 Å². The molecule has 0 saturated heterocycles. The van der Waals surface area contributed by atoms with E-state index in [4.69, 9.17) is 10.9 Å². The molecule has 2 aromatic rings. The minimum Gasteiger partial charge on any atom is -0.409 e. The van der Waals surface area contributed by atoms with Crippen molar-refractivity contribution in [1.82, 2.24) is 9.78 Å². The Hall–Kier alpha value is -2.58. The maximum absolute atomic E-state index is 13.7. The lowest BCUT2D eigenvalue weighted by atomic mass is 10.1. The van der Waals surface area contributed by atoms with E-state index in [0.717, 1.165) is 10.7 Å². The van der Waals surface area contributed by atoms with Crippen LogP contribution in [0.3, 0.4) is 0 Å². The van der Waals surface area contributed by atoms with Gasteiger partial charge in [-0.05, 0) is 12.1 Å². The molecule has 9 heteroatoms. The standard InChI is InChI=1S/C11H8F4N4O/c12-7-2-1-3-8(9(7)10(16)18-20)19-5-6(4-17-19)11(13,14)15/h1-5,20H,(H2,16,18). The molecule has 0 fully saturated rings. The molecule has 2 rings (SSSR count). The summed E-state index contributed by atoms with van der Waals surface area (Å²) in [7, 11) is 0. The molecule has 0 aliphatic carbocycles. The van der Waals surface area contributed by atoms with Crippen molar-refractivity contribution in [2.75, 3.05) is 0 Å². The molecule has 106 valence electrons. The van der Waals surface area contributed by atoms with Gasteiger partial charge >= 0.3 is 6.18 Å². The summed E-state index contributed by atoms with van der Waals surface area (Å²) < 4.78 is 52.0. The first kappa shape index (κ1) is 13.8. The molecule has 0 radical (unpaired) electrons. The van der Waals surface area contributed by atoms with Gasteiger partial charge in [0.25, 0.3) is 0 Å². The van der Waals surface area contributed by atoms with Crippen molar-refractivity contribution >= 4 is 5.84 Å².